The SMILES string of the molecule is O=C1N(CCN2CCC(CCOc3ccc(F)cc3)CC2)CCN1Oc1ccccc1Cl. The lowest BCUT2D eigenvalue weighted by Gasteiger charge is -2.32. The maximum Gasteiger partial charge on any atom is 0.353 e. The van der Waals surface area contributed by atoms with Gasteiger partial charge in [-0.25, -0.2) is 9.18 Å². The van der Waals surface area contributed by atoms with Crippen LogP contribution in [0, 0.1) is 11.7 Å². The number of likely N-dealkylation sites (tertiary alicyclic amines) is 1. The van der Waals surface area contributed by atoms with Crippen LogP contribution in [0.25, 0.3) is 0 Å². The molecule has 2 amide bonds. The Morgan fingerprint density at radius 1 is 0.969 bits per heavy atom. The van der Waals surface area contributed by atoms with E-state index >= 15 is 0 Å². The number of amides is 2. The van der Waals surface area contributed by atoms with Gasteiger partial charge in [0.1, 0.15) is 11.6 Å². The van der Waals surface area contributed by atoms with E-state index in [1.54, 1.807) is 24.3 Å². The number of ether oxygens (including phenoxy) is 1. The van der Waals surface area contributed by atoms with Crippen LogP contribution in [0.2, 0.25) is 5.02 Å². The average Bonchev–Trinajstić information content (AvgIpc) is 3.15. The molecule has 0 N–H and O–H groups in total. The molecule has 2 aliphatic heterocycles. The van der Waals surface area contributed by atoms with Crippen molar-refractivity contribution in [1.82, 2.24) is 14.9 Å². The number of hydrogen-bond donors (Lipinski definition) is 0. The fourth-order valence-electron chi connectivity index (χ4n) is 4.13. The highest BCUT2D eigenvalue weighted by Gasteiger charge is 2.31. The minimum absolute atomic E-state index is 0.113. The highest BCUT2D eigenvalue weighted by molar-refractivity contribution is 6.32. The molecule has 0 aromatic heterocycles. The van der Waals surface area contributed by atoms with Gasteiger partial charge in [-0.05, 0) is 74.7 Å². The Labute approximate surface area is 193 Å². The zero-order valence-corrected chi connectivity index (χ0v) is 18.8. The largest absolute Gasteiger partial charge is 0.494 e. The summed E-state index contributed by atoms with van der Waals surface area (Å²) in [5.41, 5.74) is 0. The van der Waals surface area contributed by atoms with Crippen LogP contribution in [0.15, 0.2) is 48.5 Å². The number of para-hydroxylation sites is 1. The fourth-order valence-corrected chi connectivity index (χ4v) is 4.30. The first-order chi connectivity index (χ1) is 15.6. The standard InChI is InChI=1S/C24H29ClFN3O3/c25-22-3-1-2-4-23(22)32-29-17-16-28(24(29)30)15-14-27-12-9-19(10-13-27)11-18-31-21-7-5-20(26)6-8-21/h1-8,19H,9-18H2. The van der Waals surface area contributed by atoms with Crippen LogP contribution < -0.4 is 9.57 Å². The van der Waals surface area contributed by atoms with Crippen LogP contribution >= 0.6 is 11.6 Å². The molecular formula is C24H29ClFN3O3. The Hall–Kier alpha value is -2.51. The lowest BCUT2D eigenvalue weighted by Crippen LogP contribution is -2.41. The molecule has 0 bridgehead atoms. The summed E-state index contributed by atoms with van der Waals surface area (Å²) in [6.45, 7) is 5.46. The molecule has 2 aromatic carbocycles. The smallest absolute Gasteiger partial charge is 0.353 e. The van der Waals surface area contributed by atoms with Crippen molar-refractivity contribution in [3.8, 4) is 11.5 Å². The van der Waals surface area contributed by atoms with Gasteiger partial charge in [-0.15, -0.1) is 0 Å². The van der Waals surface area contributed by atoms with Crippen molar-refractivity contribution < 1.29 is 18.8 Å². The van der Waals surface area contributed by atoms with Gasteiger partial charge >= 0.3 is 6.03 Å². The van der Waals surface area contributed by atoms with Gasteiger partial charge in [0.2, 0.25) is 0 Å². The third-order valence-corrected chi connectivity index (χ3v) is 6.42. The molecule has 0 aliphatic carbocycles. The average molecular weight is 462 g/mol. The molecule has 0 spiro atoms. The van der Waals surface area contributed by atoms with E-state index in [-0.39, 0.29) is 11.8 Å². The van der Waals surface area contributed by atoms with Gasteiger partial charge < -0.3 is 19.4 Å². The number of piperidine rings is 1. The normalized spacial score (nSPS) is 17.8. The van der Waals surface area contributed by atoms with Crippen LogP contribution in [-0.2, 0) is 0 Å². The molecule has 32 heavy (non-hydrogen) atoms. The second kappa shape index (κ2) is 10.9. The monoisotopic (exact) mass is 461 g/mol. The fraction of sp³-hybridized carbons (Fsp3) is 0.458. The van der Waals surface area contributed by atoms with Crippen molar-refractivity contribution in [3.05, 3.63) is 59.4 Å². The van der Waals surface area contributed by atoms with Gasteiger partial charge in [0.05, 0.1) is 18.2 Å². The van der Waals surface area contributed by atoms with Crippen molar-refractivity contribution in [2.24, 2.45) is 5.92 Å². The first-order valence-electron chi connectivity index (χ1n) is 11.2. The molecule has 2 aromatic rings. The van der Waals surface area contributed by atoms with Crippen molar-refractivity contribution in [1.29, 1.82) is 0 Å². The van der Waals surface area contributed by atoms with Gasteiger partial charge in [0.15, 0.2) is 5.75 Å². The van der Waals surface area contributed by atoms with Gasteiger partial charge in [-0.3, -0.25) is 0 Å². The molecule has 0 radical (unpaired) electrons. The topological polar surface area (TPSA) is 45.2 Å². The van der Waals surface area contributed by atoms with Crippen molar-refractivity contribution in [2.45, 2.75) is 19.3 Å². The van der Waals surface area contributed by atoms with Gasteiger partial charge in [-0.1, -0.05) is 23.7 Å². The predicted octanol–water partition coefficient (Wildman–Crippen LogP) is 4.69. The highest BCUT2D eigenvalue weighted by atomic mass is 35.5. The molecular weight excluding hydrogens is 433 g/mol. The highest BCUT2D eigenvalue weighted by Crippen LogP contribution is 2.26. The van der Waals surface area contributed by atoms with E-state index in [9.17, 15) is 9.18 Å². The zero-order chi connectivity index (χ0) is 22.3. The van der Waals surface area contributed by atoms with Gasteiger partial charge in [0, 0.05) is 19.6 Å². The number of benzene rings is 2. The Morgan fingerprint density at radius 2 is 1.72 bits per heavy atom. The summed E-state index contributed by atoms with van der Waals surface area (Å²) in [4.78, 5) is 22.6. The van der Waals surface area contributed by atoms with Crippen LogP contribution in [0.4, 0.5) is 9.18 Å². The number of carbonyl (C=O) groups excluding carboxylic acids is 1. The summed E-state index contributed by atoms with van der Waals surface area (Å²) in [7, 11) is 0. The van der Waals surface area contributed by atoms with Gasteiger partial charge in [0.25, 0.3) is 0 Å². The van der Waals surface area contributed by atoms with E-state index in [1.807, 2.05) is 17.0 Å². The minimum atomic E-state index is -0.249. The molecule has 172 valence electrons. The molecule has 2 aliphatic rings. The maximum atomic E-state index is 12.9. The summed E-state index contributed by atoms with van der Waals surface area (Å²) < 4.78 is 18.7. The second-order valence-corrected chi connectivity index (χ2v) is 8.68. The number of nitrogens with zero attached hydrogens (tertiary/aromatic N) is 3. The lowest BCUT2D eigenvalue weighted by molar-refractivity contribution is 0.00359. The van der Waals surface area contributed by atoms with Crippen LogP contribution in [-0.4, -0.2) is 66.8 Å². The zero-order valence-electron chi connectivity index (χ0n) is 18.1. The third-order valence-electron chi connectivity index (χ3n) is 6.10. The number of halogens is 2. The molecule has 2 heterocycles. The Bertz CT molecular complexity index is 890. The van der Waals surface area contributed by atoms with Crippen molar-refractivity contribution in [2.75, 3.05) is 45.9 Å². The van der Waals surface area contributed by atoms with E-state index in [0.29, 0.717) is 48.7 Å². The third kappa shape index (κ3) is 6.04. The van der Waals surface area contributed by atoms with E-state index in [0.717, 1.165) is 38.9 Å². The van der Waals surface area contributed by atoms with E-state index in [2.05, 4.69) is 4.90 Å². The molecule has 2 fully saturated rings. The first-order valence-corrected chi connectivity index (χ1v) is 11.6. The second-order valence-electron chi connectivity index (χ2n) is 8.27. The molecule has 0 unspecified atom stereocenters. The maximum absolute atomic E-state index is 12.9. The number of hydroxylamine groups is 2. The summed E-state index contributed by atoms with van der Waals surface area (Å²) in [5.74, 6) is 1.60. The number of rotatable bonds is 9. The first kappa shape index (κ1) is 22.7. The number of urea groups is 1. The number of hydrogen-bond acceptors (Lipinski definition) is 4. The summed E-state index contributed by atoms with van der Waals surface area (Å²) in [5, 5.41) is 1.87. The Kier molecular flexibility index (Phi) is 7.71. The minimum Gasteiger partial charge on any atom is -0.494 e. The Balaban J connectivity index is 1.13. The molecule has 8 heteroatoms. The predicted molar refractivity (Wildman–Crippen MR) is 121 cm³/mol. The van der Waals surface area contributed by atoms with Crippen LogP contribution in [0.3, 0.4) is 0 Å². The van der Waals surface area contributed by atoms with Crippen LogP contribution in [0.5, 0.6) is 11.5 Å². The molecule has 2 saturated heterocycles. The molecule has 0 atom stereocenters. The summed E-state index contributed by atoms with van der Waals surface area (Å²) in [6.07, 6.45) is 3.26. The van der Waals surface area contributed by atoms with E-state index in [1.165, 1.54) is 17.2 Å². The lowest BCUT2D eigenvalue weighted by atomic mass is 9.94. The quantitative estimate of drug-likeness (QED) is 0.543. The molecule has 4 rings (SSSR count). The number of carbonyl (C=O) groups is 1. The van der Waals surface area contributed by atoms with E-state index < -0.39 is 0 Å². The van der Waals surface area contributed by atoms with Gasteiger partial charge in [-0.2, -0.15) is 5.06 Å². The summed E-state index contributed by atoms with van der Waals surface area (Å²) >= 11 is 6.13. The van der Waals surface area contributed by atoms with Crippen molar-refractivity contribution >= 4 is 17.6 Å². The van der Waals surface area contributed by atoms with E-state index in [4.69, 9.17) is 21.2 Å². The summed E-state index contributed by atoms with van der Waals surface area (Å²) in [6, 6.07) is 13.2. The Morgan fingerprint density at radius 3 is 2.47 bits per heavy atom. The molecule has 0 saturated carbocycles. The van der Waals surface area contributed by atoms with Crippen molar-refractivity contribution in [3.63, 3.8) is 0 Å². The van der Waals surface area contributed by atoms with Crippen LogP contribution in [0.1, 0.15) is 19.3 Å². The molecule has 6 nitrogen and oxygen atoms in total.